The third-order valence-corrected chi connectivity index (χ3v) is 7.31. The molecule has 30 heavy (non-hydrogen) atoms. The van der Waals surface area contributed by atoms with Gasteiger partial charge in [0.25, 0.3) is 0 Å². The maximum atomic E-state index is 12.7. The van der Waals surface area contributed by atoms with Crippen LogP contribution in [0.15, 0.2) is 4.99 Å². The molecular formula is C17H33F3IN5O3S. The van der Waals surface area contributed by atoms with Crippen LogP contribution in [0.25, 0.3) is 0 Å². The van der Waals surface area contributed by atoms with Crippen LogP contribution in [0.4, 0.5) is 13.2 Å². The molecule has 0 aliphatic carbocycles. The SMILES string of the molecule is CCNC(=NCC1(N(C)C)CCOCC1)NC1CCN(S(=O)(=O)C(F)(F)F)CC1.I. The second-order valence-corrected chi connectivity index (χ2v) is 9.62. The Balaban J connectivity index is 0.00000450. The van der Waals surface area contributed by atoms with Gasteiger partial charge in [-0.25, -0.2) is 8.42 Å². The van der Waals surface area contributed by atoms with Crippen molar-refractivity contribution in [2.75, 3.05) is 53.5 Å². The smallest absolute Gasteiger partial charge is 0.381 e. The van der Waals surface area contributed by atoms with Crippen LogP contribution in [0.3, 0.4) is 0 Å². The van der Waals surface area contributed by atoms with Crippen LogP contribution < -0.4 is 10.6 Å². The number of guanidine groups is 1. The molecular weight excluding hydrogens is 538 g/mol. The van der Waals surface area contributed by atoms with Crippen molar-refractivity contribution in [3.05, 3.63) is 0 Å². The largest absolute Gasteiger partial charge is 0.511 e. The van der Waals surface area contributed by atoms with Crippen LogP contribution in [0.2, 0.25) is 0 Å². The molecule has 0 atom stereocenters. The Kier molecular flexibility index (Phi) is 10.6. The molecule has 2 aliphatic rings. The molecule has 2 N–H and O–H groups in total. The van der Waals surface area contributed by atoms with Crippen molar-refractivity contribution in [2.45, 2.75) is 49.7 Å². The van der Waals surface area contributed by atoms with E-state index in [9.17, 15) is 21.6 Å². The minimum atomic E-state index is -5.26. The summed E-state index contributed by atoms with van der Waals surface area (Å²) in [4.78, 5) is 6.89. The number of hydrogen-bond acceptors (Lipinski definition) is 5. The molecule has 0 spiro atoms. The zero-order valence-corrected chi connectivity index (χ0v) is 20.8. The van der Waals surface area contributed by atoms with Gasteiger partial charge < -0.3 is 20.3 Å². The molecule has 0 amide bonds. The van der Waals surface area contributed by atoms with Gasteiger partial charge in [0.15, 0.2) is 5.96 Å². The highest BCUT2D eigenvalue weighted by atomic mass is 127. The number of sulfonamides is 1. The molecule has 0 bridgehead atoms. The van der Waals surface area contributed by atoms with Gasteiger partial charge in [-0.1, -0.05) is 0 Å². The topological polar surface area (TPSA) is 86.3 Å². The van der Waals surface area contributed by atoms with Crippen molar-refractivity contribution >= 4 is 40.0 Å². The van der Waals surface area contributed by atoms with Gasteiger partial charge >= 0.3 is 15.5 Å². The fourth-order valence-corrected chi connectivity index (χ4v) is 4.61. The van der Waals surface area contributed by atoms with Crippen LogP contribution in [-0.4, -0.2) is 94.2 Å². The number of rotatable bonds is 6. The number of aliphatic imine (C=N–C) groups is 1. The Bertz CT molecular complexity index is 662. The third-order valence-electron chi connectivity index (χ3n) is 5.68. The molecule has 178 valence electrons. The van der Waals surface area contributed by atoms with Gasteiger partial charge in [0.2, 0.25) is 0 Å². The lowest BCUT2D eigenvalue weighted by Crippen LogP contribution is -2.53. The van der Waals surface area contributed by atoms with Gasteiger partial charge in [-0.2, -0.15) is 17.5 Å². The van der Waals surface area contributed by atoms with Gasteiger partial charge in [-0.15, -0.1) is 24.0 Å². The highest BCUT2D eigenvalue weighted by Crippen LogP contribution is 2.29. The quantitative estimate of drug-likeness (QED) is 0.286. The molecule has 0 aromatic carbocycles. The molecule has 0 aromatic rings. The van der Waals surface area contributed by atoms with E-state index in [1.807, 2.05) is 21.0 Å². The maximum absolute atomic E-state index is 12.7. The zero-order valence-electron chi connectivity index (χ0n) is 17.7. The number of nitrogens with one attached hydrogen (secondary N) is 2. The van der Waals surface area contributed by atoms with Crippen molar-refractivity contribution in [1.82, 2.24) is 19.8 Å². The van der Waals surface area contributed by atoms with Gasteiger partial charge in [0.1, 0.15) is 0 Å². The Labute approximate surface area is 194 Å². The van der Waals surface area contributed by atoms with Crippen LogP contribution in [0, 0.1) is 0 Å². The molecule has 2 rings (SSSR count). The van der Waals surface area contributed by atoms with Gasteiger partial charge in [-0.3, -0.25) is 4.99 Å². The molecule has 0 aromatic heterocycles. The van der Waals surface area contributed by atoms with E-state index in [4.69, 9.17) is 9.73 Å². The Morgan fingerprint density at radius 2 is 1.80 bits per heavy atom. The standard InChI is InChI=1S/C17H32F3N5O3S.HI/c1-4-21-15(22-13-16(24(2)3)7-11-28-12-8-16)23-14-5-9-25(10-6-14)29(26,27)17(18,19)20;/h14H,4-13H2,1-3H3,(H2,21,22,23);1H. The molecule has 8 nitrogen and oxygen atoms in total. The van der Waals surface area contributed by atoms with Gasteiger partial charge in [0.05, 0.1) is 6.54 Å². The summed E-state index contributed by atoms with van der Waals surface area (Å²) in [5.41, 5.74) is -5.35. The summed E-state index contributed by atoms with van der Waals surface area (Å²) in [6.45, 7) is 4.18. The number of ether oxygens (including phenoxy) is 1. The summed E-state index contributed by atoms with van der Waals surface area (Å²) in [5.74, 6) is 0.595. The first-order valence-corrected chi connectivity index (χ1v) is 11.3. The second-order valence-electron chi connectivity index (χ2n) is 7.69. The minimum absolute atomic E-state index is 0. The van der Waals surface area contributed by atoms with Crippen LogP contribution in [0.1, 0.15) is 32.6 Å². The van der Waals surface area contributed by atoms with E-state index in [2.05, 4.69) is 15.5 Å². The lowest BCUT2D eigenvalue weighted by molar-refractivity contribution is -0.0494. The van der Waals surface area contributed by atoms with Crippen molar-refractivity contribution in [3.8, 4) is 0 Å². The Morgan fingerprint density at radius 1 is 1.23 bits per heavy atom. The highest BCUT2D eigenvalue weighted by molar-refractivity contribution is 14.0. The first-order valence-electron chi connectivity index (χ1n) is 9.88. The number of hydrogen-bond donors (Lipinski definition) is 2. The van der Waals surface area contributed by atoms with E-state index in [1.165, 1.54) is 0 Å². The average Bonchev–Trinajstić information content (AvgIpc) is 2.66. The van der Waals surface area contributed by atoms with Crippen molar-refractivity contribution < 1.29 is 26.3 Å². The van der Waals surface area contributed by atoms with Gasteiger partial charge in [-0.05, 0) is 46.7 Å². The normalized spacial score (nSPS) is 21.9. The summed E-state index contributed by atoms with van der Waals surface area (Å²) in [5, 5.41) is 6.42. The van der Waals surface area contributed by atoms with Crippen molar-refractivity contribution in [1.29, 1.82) is 0 Å². The van der Waals surface area contributed by atoms with E-state index < -0.39 is 15.5 Å². The summed E-state index contributed by atoms with van der Waals surface area (Å²) in [6, 6.07) is -0.141. The van der Waals surface area contributed by atoms with E-state index in [0.717, 1.165) is 12.8 Å². The first-order chi connectivity index (χ1) is 13.5. The highest BCUT2D eigenvalue weighted by Gasteiger charge is 2.50. The monoisotopic (exact) mass is 571 g/mol. The summed E-state index contributed by atoms with van der Waals surface area (Å²) >= 11 is 0. The minimum Gasteiger partial charge on any atom is -0.381 e. The second kappa shape index (κ2) is 11.5. The summed E-state index contributed by atoms with van der Waals surface area (Å²) < 4.78 is 67.2. The number of likely N-dealkylation sites (N-methyl/N-ethyl adjacent to an activating group) is 1. The molecule has 13 heteroatoms. The molecule has 2 fully saturated rings. The van der Waals surface area contributed by atoms with E-state index in [0.29, 0.717) is 36.6 Å². The molecule has 2 heterocycles. The summed E-state index contributed by atoms with van der Waals surface area (Å²) in [7, 11) is -1.21. The van der Waals surface area contributed by atoms with E-state index in [-0.39, 0.29) is 61.5 Å². The van der Waals surface area contributed by atoms with Crippen LogP contribution in [-0.2, 0) is 14.8 Å². The lowest BCUT2D eigenvalue weighted by atomic mass is 9.89. The number of piperidine rings is 1. The van der Waals surface area contributed by atoms with Crippen molar-refractivity contribution in [3.63, 3.8) is 0 Å². The number of halogens is 4. The lowest BCUT2D eigenvalue weighted by Gasteiger charge is -2.42. The molecule has 0 radical (unpaired) electrons. The fourth-order valence-electron chi connectivity index (χ4n) is 3.62. The number of nitrogens with zero attached hydrogens (tertiary/aromatic N) is 3. The molecule has 2 aliphatic heterocycles. The Morgan fingerprint density at radius 3 is 2.27 bits per heavy atom. The van der Waals surface area contributed by atoms with Crippen molar-refractivity contribution in [2.24, 2.45) is 4.99 Å². The fraction of sp³-hybridized carbons (Fsp3) is 0.941. The average molecular weight is 571 g/mol. The third kappa shape index (κ3) is 6.81. The summed E-state index contributed by atoms with van der Waals surface area (Å²) in [6.07, 6.45) is 2.31. The molecule has 0 unspecified atom stereocenters. The maximum Gasteiger partial charge on any atom is 0.511 e. The first kappa shape index (κ1) is 27.7. The predicted molar refractivity (Wildman–Crippen MR) is 121 cm³/mol. The molecule has 2 saturated heterocycles. The van der Waals surface area contributed by atoms with E-state index >= 15 is 0 Å². The van der Waals surface area contributed by atoms with Gasteiger partial charge in [0, 0.05) is 44.4 Å². The molecule has 0 saturated carbocycles. The van der Waals surface area contributed by atoms with E-state index in [1.54, 1.807) is 0 Å². The predicted octanol–water partition coefficient (Wildman–Crippen LogP) is 1.58. The van der Waals surface area contributed by atoms with Crippen LogP contribution in [0.5, 0.6) is 0 Å². The van der Waals surface area contributed by atoms with Crippen LogP contribution >= 0.6 is 24.0 Å². The Hall–Kier alpha value is -0.380. The zero-order chi connectivity index (χ0) is 21.7. The number of alkyl halides is 3.